The molecule has 1 saturated heterocycles. The Morgan fingerprint density at radius 1 is 1.00 bits per heavy atom. The molecule has 2 aromatic rings. The molecule has 0 bridgehead atoms. The highest BCUT2D eigenvalue weighted by molar-refractivity contribution is 6.30. The van der Waals surface area contributed by atoms with E-state index in [1.807, 2.05) is 24.3 Å². The quantitative estimate of drug-likeness (QED) is 0.562. The Labute approximate surface area is 184 Å². The van der Waals surface area contributed by atoms with Crippen LogP contribution < -0.4 is 5.43 Å². The van der Waals surface area contributed by atoms with Crippen molar-refractivity contribution in [3.05, 3.63) is 70.2 Å². The number of nitrogens with one attached hydrogen (secondary N) is 1. The smallest absolute Gasteiger partial charge is 0.254 e. The van der Waals surface area contributed by atoms with E-state index in [-0.39, 0.29) is 11.3 Å². The summed E-state index contributed by atoms with van der Waals surface area (Å²) in [5.74, 6) is -0.0799. The van der Waals surface area contributed by atoms with E-state index in [4.69, 9.17) is 11.6 Å². The zero-order chi connectivity index (χ0) is 21.6. The first-order valence-electron chi connectivity index (χ1n) is 10.4. The van der Waals surface area contributed by atoms with Gasteiger partial charge in [0.25, 0.3) is 5.91 Å². The molecule has 1 N–H and O–H groups in total. The van der Waals surface area contributed by atoms with Crippen LogP contribution in [0.25, 0.3) is 0 Å². The molecule has 1 aliphatic rings. The first kappa shape index (κ1) is 22.5. The zero-order valence-corrected chi connectivity index (χ0v) is 18.8. The van der Waals surface area contributed by atoms with Gasteiger partial charge in [-0.1, -0.05) is 68.8 Å². The second-order valence-electron chi connectivity index (χ2n) is 8.84. The molecule has 5 nitrogen and oxygen atoms in total. The van der Waals surface area contributed by atoms with Gasteiger partial charge in [-0.3, -0.25) is 14.6 Å². The molecule has 1 fully saturated rings. The predicted molar refractivity (Wildman–Crippen MR) is 124 cm³/mol. The fourth-order valence-electron chi connectivity index (χ4n) is 3.44. The third kappa shape index (κ3) is 6.94. The van der Waals surface area contributed by atoms with Crippen LogP contribution in [0.5, 0.6) is 0 Å². The molecule has 0 spiro atoms. The Balaban J connectivity index is 1.38. The molecule has 0 aromatic heterocycles. The van der Waals surface area contributed by atoms with Crippen LogP contribution >= 0.6 is 11.6 Å². The van der Waals surface area contributed by atoms with Gasteiger partial charge in [-0.15, -0.1) is 0 Å². The minimum Gasteiger partial charge on any atom is -0.297 e. The molecule has 0 aliphatic carbocycles. The van der Waals surface area contributed by atoms with Crippen LogP contribution in [0.1, 0.15) is 37.5 Å². The molecular formula is C24H31ClN4O. The number of amides is 1. The van der Waals surface area contributed by atoms with E-state index >= 15 is 0 Å². The van der Waals surface area contributed by atoms with E-state index in [9.17, 15) is 4.79 Å². The molecule has 1 heterocycles. The third-order valence-corrected chi connectivity index (χ3v) is 5.58. The van der Waals surface area contributed by atoms with Crippen molar-refractivity contribution in [2.75, 3.05) is 32.7 Å². The number of hydrazone groups is 1. The molecule has 1 amide bonds. The summed E-state index contributed by atoms with van der Waals surface area (Å²) >= 11 is 5.95. The first-order valence-corrected chi connectivity index (χ1v) is 10.8. The lowest BCUT2D eigenvalue weighted by atomic mass is 9.87. The lowest BCUT2D eigenvalue weighted by molar-refractivity contribution is -0.122. The summed E-state index contributed by atoms with van der Waals surface area (Å²) in [5, 5.41) is 4.87. The van der Waals surface area contributed by atoms with Crippen molar-refractivity contribution in [1.29, 1.82) is 0 Å². The molecular weight excluding hydrogens is 396 g/mol. The molecule has 160 valence electrons. The maximum Gasteiger partial charge on any atom is 0.254 e. The van der Waals surface area contributed by atoms with Crippen LogP contribution in [0.4, 0.5) is 0 Å². The van der Waals surface area contributed by atoms with E-state index in [2.05, 4.69) is 65.4 Å². The Kier molecular flexibility index (Phi) is 7.64. The predicted octanol–water partition coefficient (Wildman–Crippen LogP) is 3.91. The van der Waals surface area contributed by atoms with Crippen molar-refractivity contribution in [3.63, 3.8) is 0 Å². The van der Waals surface area contributed by atoms with Crippen LogP contribution in [0.3, 0.4) is 0 Å². The third-order valence-electron chi connectivity index (χ3n) is 5.33. The van der Waals surface area contributed by atoms with Crippen LogP contribution in [-0.2, 0) is 16.8 Å². The molecule has 2 aromatic carbocycles. The minimum atomic E-state index is -0.0799. The fraction of sp³-hybridized carbons (Fsp3) is 0.417. The molecule has 1 aliphatic heterocycles. The van der Waals surface area contributed by atoms with Crippen molar-refractivity contribution in [2.24, 2.45) is 5.10 Å². The molecule has 3 rings (SSSR count). The average molecular weight is 427 g/mol. The molecule has 30 heavy (non-hydrogen) atoms. The van der Waals surface area contributed by atoms with E-state index in [0.717, 1.165) is 43.3 Å². The summed E-state index contributed by atoms with van der Waals surface area (Å²) in [4.78, 5) is 16.8. The number of nitrogens with zero attached hydrogens (tertiary/aromatic N) is 3. The van der Waals surface area contributed by atoms with Gasteiger partial charge in [-0.25, -0.2) is 5.43 Å². The Morgan fingerprint density at radius 3 is 2.20 bits per heavy atom. The Morgan fingerprint density at radius 2 is 1.60 bits per heavy atom. The second-order valence-corrected chi connectivity index (χ2v) is 9.28. The maximum absolute atomic E-state index is 12.2. The second kappa shape index (κ2) is 10.2. The minimum absolute atomic E-state index is 0.0799. The van der Waals surface area contributed by atoms with Gasteiger partial charge in [0, 0.05) is 37.7 Å². The van der Waals surface area contributed by atoms with Gasteiger partial charge < -0.3 is 0 Å². The first-order chi connectivity index (χ1) is 14.3. The van der Waals surface area contributed by atoms with E-state index in [1.165, 1.54) is 11.1 Å². The van der Waals surface area contributed by atoms with Gasteiger partial charge in [0.1, 0.15) is 0 Å². The van der Waals surface area contributed by atoms with E-state index in [0.29, 0.717) is 6.54 Å². The van der Waals surface area contributed by atoms with Crippen LogP contribution in [0.15, 0.2) is 53.6 Å². The van der Waals surface area contributed by atoms with Gasteiger partial charge in [-0.2, -0.15) is 5.10 Å². The van der Waals surface area contributed by atoms with Gasteiger partial charge >= 0.3 is 0 Å². The molecule has 0 radical (unpaired) electrons. The Hall–Kier alpha value is -2.21. The lowest BCUT2D eigenvalue weighted by Crippen LogP contribution is -2.48. The fourth-order valence-corrected chi connectivity index (χ4v) is 3.57. The van der Waals surface area contributed by atoms with Gasteiger partial charge in [0.05, 0.1) is 12.8 Å². The molecule has 0 saturated carbocycles. The van der Waals surface area contributed by atoms with Crippen LogP contribution in [-0.4, -0.2) is 54.6 Å². The average Bonchev–Trinajstić information content (AvgIpc) is 2.71. The van der Waals surface area contributed by atoms with E-state index < -0.39 is 0 Å². The number of piperazine rings is 1. The zero-order valence-electron chi connectivity index (χ0n) is 18.1. The molecule has 0 atom stereocenters. The van der Waals surface area contributed by atoms with Gasteiger partial charge in [0.15, 0.2) is 0 Å². The largest absolute Gasteiger partial charge is 0.297 e. The normalized spacial score (nSPS) is 16.1. The highest BCUT2D eigenvalue weighted by Crippen LogP contribution is 2.21. The summed E-state index contributed by atoms with van der Waals surface area (Å²) < 4.78 is 0. The Bertz CT molecular complexity index is 848. The monoisotopic (exact) mass is 426 g/mol. The number of carbonyl (C=O) groups is 1. The van der Waals surface area contributed by atoms with Crippen LogP contribution in [0, 0.1) is 0 Å². The van der Waals surface area contributed by atoms with Gasteiger partial charge in [-0.05, 0) is 34.2 Å². The number of carbonyl (C=O) groups excluding carboxylic acids is 1. The van der Waals surface area contributed by atoms with Crippen LogP contribution in [0.2, 0.25) is 5.02 Å². The maximum atomic E-state index is 12.2. The topological polar surface area (TPSA) is 47.9 Å². The number of rotatable bonds is 6. The van der Waals surface area contributed by atoms with Crippen molar-refractivity contribution < 1.29 is 4.79 Å². The van der Waals surface area contributed by atoms with Crippen molar-refractivity contribution in [3.8, 4) is 0 Å². The summed E-state index contributed by atoms with van der Waals surface area (Å²) in [6, 6.07) is 16.2. The van der Waals surface area contributed by atoms with Crippen molar-refractivity contribution in [2.45, 2.75) is 32.7 Å². The lowest BCUT2D eigenvalue weighted by Gasteiger charge is -2.34. The summed E-state index contributed by atoms with van der Waals surface area (Å²) in [6.45, 7) is 11.5. The highest BCUT2D eigenvalue weighted by Gasteiger charge is 2.19. The standard InChI is InChI=1S/C24H31ClN4O/c1-24(2,3)21-8-4-19(5-9-21)16-26-27-23(30)18-29-14-12-28(13-15-29)17-20-6-10-22(25)11-7-20/h4-11,16H,12-15,17-18H2,1-3H3,(H,27,30)/b26-16+. The summed E-state index contributed by atoms with van der Waals surface area (Å²) in [7, 11) is 0. The van der Waals surface area contributed by atoms with E-state index in [1.54, 1.807) is 6.21 Å². The number of benzene rings is 2. The number of halogens is 1. The number of hydrogen-bond donors (Lipinski definition) is 1. The molecule has 6 heteroatoms. The molecule has 0 unspecified atom stereocenters. The van der Waals surface area contributed by atoms with Gasteiger partial charge in [0.2, 0.25) is 0 Å². The number of hydrogen-bond acceptors (Lipinski definition) is 4. The highest BCUT2D eigenvalue weighted by atomic mass is 35.5. The summed E-state index contributed by atoms with van der Waals surface area (Å²) in [6.07, 6.45) is 1.69. The SMILES string of the molecule is CC(C)(C)c1ccc(/C=N/NC(=O)CN2CCN(Cc3ccc(Cl)cc3)CC2)cc1. The van der Waals surface area contributed by atoms with Crippen molar-refractivity contribution in [1.82, 2.24) is 15.2 Å². The van der Waals surface area contributed by atoms with Crippen molar-refractivity contribution >= 4 is 23.7 Å². The summed E-state index contributed by atoms with van der Waals surface area (Å²) in [5.41, 5.74) is 6.28.